The quantitative estimate of drug-likeness (QED) is 0.703. The van der Waals surface area contributed by atoms with Crippen LogP contribution in [0.15, 0.2) is 59.5 Å². The second-order valence-corrected chi connectivity index (χ2v) is 9.35. The van der Waals surface area contributed by atoms with Crippen LogP contribution in [0.3, 0.4) is 0 Å². The number of anilines is 2. The third-order valence-corrected chi connectivity index (χ3v) is 7.03. The Kier molecular flexibility index (Phi) is 7.23. The van der Waals surface area contributed by atoms with Crippen molar-refractivity contribution < 1.29 is 18.0 Å². The van der Waals surface area contributed by atoms with Crippen LogP contribution >= 0.6 is 0 Å². The molecule has 0 radical (unpaired) electrons. The molecule has 1 aliphatic rings. The van der Waals surface area contributed by atoms with Crippen molar-refractivity contribution in [2.24, 2.45) is 0 Å². The first kappa shape index (κ1) is 22.0. The van der Waals surface area contributed by atoms with E-state index in [1.54, 1.807) is 54.6 Å². The Morgan fingerprint density at radius 1 is 0.900 bits per heavy atom. The highest BCUT2D eigenvalue weighted by molar-refractivity contribution is 7.89. The SMILES string of the molecule is CC(=O)Nc1ccc(NC(=O)CN(C2CCCCC2)S(=O)(=O)c2ccccc2)cc1. The van der Waals surface area contributed by atoms with E-state index in [2.05, 4.69) is 10.6 Å². The second kappa shape index (κ2) is 9.86. The van der Waals surface area contributed by atoms with Crippen molar-refractivity contribution in [2.45, 2.75) is 50.0 Å². The van der Waals surface area contributed by atoms with Gasteiger partial charge in [-0.3, -0.25) is 9.59 Å². The van der Waals surface area contributed by atoms with Gasteiger partial charge in [0, 0.05) is 24.3 Å². The van der Waals surface area contributed by atoms with Gasteiger partial charge in [0.1, 0.15) is 0 Å². The summed E-state index contributed by atoms with van der Waals surface area (Å²) in [6, 6.07) is 14.8. The van der Waals surface area contributed by atoms with Gasteiger partial charge >= 0.3 is 0 Å². The van der Waals surface area contributed by atoms with Crippen LogP contribution in [0, 0.1) is 0 Å². The summed E-state index contributed by atoms with van der Waals surface area (Å²) in [5.41, 5.74) is 1.16. The lowest BCUT2D eigenvalue weighted by Crippen LogP contribution is -2.45. The van der Waals surface area contributed by atoms with Crippen LogP contribution < -0.4 is 10.6 Å². The number of carbonyl (C=O) groups excluding carboxylic acids is 2. The summed E-state index contributed by atoms with van der Waals surface area (Å²) in [7, 11) is -3.78. The average Bonchev–Trinajstić information content (AvgIpc) is 2.74. The van der Waals surface area contributed by atoms with Gasteiger partial charge in [0.2, 0.25) is 21.8 Å². The van der Waals surface area contributed by atoms with Gasteiger partial charge in [0.15, 0.2) is 0 Å². The van der Waals surface area contributed by atoms with Crippen LogP contribution in [0.5, 0.6) is 0 Å². The van der Waals surface area contributed by atoms with Crippen molar-refractivity contribution in [3.63, 3.8) is 0 Å². The average molecular weight is 430 g/mol. The summed E-state index contributed by atoms with van der Waals surface area (Å²) < 4.78 is 27.9. The van der Waals surface area contributed by atoms with E-state index in [0.29, 0.717) is 11.4 Å². The Morgan fingerprint density at radius 2 is 1.47 bits per heavy atom. The summed E-state index contributed by atoms with van der Waals surface area (Å²) in [5.74, 6) is -0.576. The normalized spacial score (nSPS) is 15.0. The molecule has 3 rings (SSSR count). The summed E-state index contributed by atoms with van der Waals surface area (Å²) in [4.78, 5) is 24.0. The molecule has 1 fully saturated rings. The lowest BCUT2D eigenvalue weighted by Gasteiger charge is -2.33. The Balaban J connectivity index is 1.75. The zero-order valence-electron chi connectivity index (χ0n) is 17.0. The van der Waals surface area contributed by atoms with Crippen LogP contribution in [0.2, 0.25) is 0 Å². The largest absolute Gasteiger partial charge is 0.326 e. The van der Waals surface area contributed by atoms with Crippen LogP contribution in [0.4, 0.5) is 11.4 Å². The van der Waals surface area contributed by atoms with Crippen molar-refractivity contribution in [3.8, 4) is 0 Å². The summed E-state index contributed by atoms with van der Waals surface area (Å²) >= 11 is 0. The molecule has 160 valence electrons. The second-order valence-electron chi connectivity index (χ2n) is 7.46. The van der Waals surface area contributed by atoms with E-state index in [4.69, 9.17) is 0 Å². The minimum atomic E-state index is -3.78. The van der Waals surface area contributed by atoms with Gasteiger partial charge in [0.05, 0.1) is 11.4 Å². The van der Waals surface area contributed by atoms with E-state index in [1.165, 1.54) is 11.2 Å². The minimum absolute atomic E-state index is 0.180. The number of hydrogen-bond donors (Lipinski definition) is 2. The highest BCUT2D eigenvalue weighted by atomic mass is 32.2. The molecule has 7 nitrogen and oxygen atoms in total. The maximum absolute atomic E-state index is 13.3. The molecular formula is C22H27N3O4S. The van der Waals surface area contributed by atoms with Crippen LogP contribution in [-0.4, -0.2) is 37.1 Å². The van der Waals surface area contributed by atoms with E-state index < -0.39 is 15.9 Å². The molecule has 0 heterocycles. The lowest BCUT2D eigenvalue weighted by molar-refractivity contribution is -0.117. The topological polar surface area (TPSA) is 95.6 Å². The Bertz CT molecular complexity index is 969. The van der Waals surface area contributed by atoms with Gasteiger partial charge in [-0.25, -0.2) is 8.42 Å². The van der Waals surface area contributed by atoms with Crippen molar-refractivity contribution in [3.05, 3.63) is 54.6 Å². The van der Waals surface area contributed by atoms with E-state index in [-0.39, 0.29) is 23.4 Å². The third kappa shape index (κ3) is 5.67. The molecule has 0 unspecified atom stereocenters. The van der Waals surface area contributed by atoms with Gasteiger partial charge < -0.3 is 10.6 Å². The smallest absolute Gasteiger partial charge is 0.243 e. The zero-order chi connectivity index (χ0) is 21.6. The molecule has 0 spiro atoms. The maximum atomic E-state index is 13.3. The molecule has 2 amide bonds. The van der Waals surface area contributed by atoms with Gasteiger partial charge in [-0.15, -0.1) is 0 Å². The molecule has 0 bridgehead atoms. The molecule has 30 heavy (non-hydrogen) atoms. The molecule has 1 saturated carbocycles. The van der Waals surface area contributed by atoms with Crippen molar-refractivity contribution >= 4 is 33.2 Å². The molecule has 1 aliphatic carbocycles. The maximum Gasteiger partial charge on any atom is 0.243 e. The number of rotatable bonds is 7. The molecule has 2 aromatic carbocycles. The standard InChI is InChI=1S/C22H27N3O4S/c1-17(26)23-18-12-14-19(15-13-18)24-22(27)16-25(20-8-4-2-5-9-20)30(28,29)21-10-6-3-7-11-21/h3,6-7,10-15,20H,2,4-5,8-9,16H2,1H3,(H,23,26)(H,24,27). The number of amides is 2. The molecule has 2 N–H and O–H groups in total. The molecule has 0 aliphatic heterocycles. The Morgan fingerprint density at radius 3 is 2.03 bits per heavy atom. The third-order valence-electron chi connectivity index (χ3n) is 5.12. The van der Waals surface area contributed by atoms with Gasteiger partial charge in [-0.05, 0) is 49.2 Å². The van der Waals surface area contributed by atoms with E-state index in [0.717, 1.165) is 32.1 Å². The number of carbonyl (C=O) groups is 2. The van der Waals surface area contributed by atoms with Crippen molar-refractivity contribution in [2.75, 3.05) is 17.2 Å². The van der Waals surface area contributed by atoms with Gasteiger partial charge in [-0.2, -0.15) is 4.31 Å². The van der Waals surface area contributed by atoms with Crippen molar-refractivity contribution in [1.82, 2.24) is 4.31 Å². The molecule has 8 heteroatoms. The molecule has 0 saturated heterocycles. The van der Waals surface area contributed by atoms with Crippen molar-refractivity contribution in [1.29, 1.82) is 0 Å². The van der Waals surface area contributed by atoms with E-state index in [9.17, 15) is 18.0 Å². The van der Waals surface area contributed by atoms with Crippen LogP contribution in [0.25, 0.3) is 0 Å². The summed E-state index contributed by atoms with van der Waals surface area (Å²) in [5, 5.41) is 5.42. The van der Waals surface area contributed by atoms with Gasteiger partial charge in [-0.1, -0.05) is 37.5 Å². The number of sulfonamides is 1. The first-order chi connectivity index (χ1) is 14.4. The van der Waals surface area contributed by atoms with Crippen LogP contribution in [0.1, 0.15) is 39.0 Å². The molecule has 0 atom stereocenters. The fourth-order valence-electron chi connectivity index (χ4n) is 3.69. The monoisotopic (exact) mass is 429 g/mol. The zero-order valence-corrected chi connectivity index (χ0v) is 17.8. The highest BCUT2D eigenvalue weighted by Gasteiger charge is 2.33. The predicted octanol–water partition coefficient (Wildman–Crippen LogP) is 3.61. The number of nitrogens with zero attached hydrogens (tertiary/aromatic N) is 1. The van der Waals surface area contributed by atoms with Gasteiger partial charge in [0.25, 0.3) is 0 Å². The predicted molar refractivity (Wildman–Crippen MR) is 117 cm³/mol. The van der Waals surface area contributed by atoms with Crippen LogP contribution in [-0.2, 0) is 19.6 Å². The highest BCUT2D eigenvalue weighted by Crippen LogP contribution is 2.28. The fourth-order valence-corrected chi connectivity index (χ4v) is 5.35. The minimum Gasteiger partial charge on any atom is -0.326 e. The molecular weight excluding hydrogens is 402 g/mol. The number of benzene rings is 2. The Labute approximate surface area is 177 Å². The number of nitrogens with one attached hydrogen (secondary N) is 2. The van der Waals surface area contributed by atoms with E-state index >= 15 is 0 Å². The summed E-state index contributed by atoms with van der Waals surface area (Å²) in [6.45, 7) is 1.18. The first-order valence-corrected chi connectivity index (χ1v) is 11.5. The summed E-state index contributed by atoms with van der Waals surface area (Å²) in [6.07, 6.45) is 4.51. The fraction of sp³-hybridized carbons (Fsp3) is 0.364. The molecule has 2 aromatic rings. The number of hydrogen-bond acceptors (Lipinski definition) is 4. The Hall–Kier alpha value is -2.71. The first-order valence-electron chi connectivity index (χ1n) is 10.1. The molecule has 0 aromatic heterocycles. The lowest BCUT2D eigenvalue weighted by atomic mass is 9.95. The van der Waals surface area contributed by atoms with E-state index in [1.807, 2.05) is 0 Å².